The van der Waals surface area contributed by atoms with Gasteiger partial charge in [-0.1, -0.05) is 34.1 Å². The van der Waals surface area contributed by atoms with Gasteiger partial charge in [0.2, 0.25) is 5.13 Å². The van der Waals surface area contributed by atoms with Crippen LogP contribution < -0.4 is 10.1 Å². The van der Waals surface area contributed by atoms with Crippen molar-refractivity contribution in [2.45, 2.75) is 0 Å². The van der Waals surface area contributed by atoms with Crippen LogP contribution in [0.4, 0.5) is 16.5 Å². The van der Waals surface area contributed by atoms with Gasteiger partial charge in [0.15, 0.2) is 6.61 Å². The zero-order valence-corrected chi connectivity index (χ0v) is 20.0. The lowest BCUT2D eigenvalue weighted by atomic mass is 10.2. The molecule has 1 amide bonds. The van der Waals surface area contributed by atoms with E-state index in [1.807, 2.05) is 41.8 Å². The highest BCUT2D eigenvalue weighted by Gasteiger charge is 2.09. The maximum atomic E-state index is 12.1. The van der Waals surface area contributed by atoms with Crippen LogP contribution in [0, 0.1) is 10.1 Å². The summed E-state index contributed by atoms with van der Waals surface area (Å²) in [4.78, 5) is 31.4. The SMILES string of the molecule is O=C(COc1ccc(/C=N/c2nc(-c3ccc(Br)cc3)cs2)cc1)Nc1cccc([N+](=O)[O-])c1. The zero-order chi connectivity index (χ0) is 23.9. The van der Waals surface area contributed by atoms with Gasteiger partial charge in [0, 0.05) is 39.5 Å². The molecule has 8 nitrogen and oxygen atoms in total. The van der Waals surface area contributed by atoms with E-state index >= 15 is 0 Å². The number of nitro groups is 1. The summed E-state index contributed by atoms with van der Waals surface area (Å²) < 4.78 is 6.51. The van der Waals surface area contributed by atoms with Gasteiger partial charge in [-0.25, -0.2) is 9.98 Å². The second-order valence-corrected chi connectivity index (χ2v) is 8.75. The number of hydrogen-bond acceptors (Lipinski definition) is 7. The van der Waals surface area contributed by atoms with Crippen LogP contribution in [0.5, 0.6) is 5.75 Å². The molecule has 1 heterocycles. The molecule has 4 aromatic rings. The number of anilines is 1. The molecular formula is C24H17BrN4O4S. The number of carbonyl (C=O) groups is 1. The fourth-order valence-electron chi connectivity index (χ4n) is 2.90. The third-order valence-corrected chi connectivity index (χ3v) is 5.82. The van der Waals surface area contributed by atoms with Gasteiger partial charge in [0.05, 0.1) is 10.6 Å². The van der Waals surface area contributed by atoms with Crippen LogP contribution in [-0.4, -0.2) is 28.6 Å². The summed E-state index contributed by atoms with van der Waals surface area (Å²) in [5.41, 5.74) is 2.99. The van der Waals surface area contributed by atoms with Crippen molar-refractivity contribution in [2.24, 2.45) is 4.99 Å². The number of aliphatic imine (C=N–C) groups is 1. The van der Waals surface area contributed by atoms with Crippen molar-refractivity contribution >= 4 is 55.9 Å². The molecule has 10 heteroatoms. The van der Waals surface area contributed by atoms with Crippen molar-refractivity contribution < 1.29 is 14.5 Å². The molecule has 170 valence electrons. The van der Waals surface area contributed by atoms with Crippen LogP contribution in [0.25, 0.3) is 11.3 Å². The number of rotatable bonds is 8. The van der Waals surface area contributed by atoms with Crippen molar-refractivity contribution in [1.29, 1.82) is 0 Å². The van der Waals surface area contributed by atoms with E-state index in [9.17, 15) is 14.9 Å². The van der Waals surface area contributed by atoms with E-state index in [-0.39, 0.29) is 12.3 Å². The number of nitro benzene ring substituents is 1. The molecule has 1 aromatic heterocycles. The highest BCUT2D eigenvalue weighted by Crippen LogP contribution is 2.27. The Labute approximate surface area is 207 Å². The maximum absolute atomic E-state index is 12.1. The van der Waals surface area contributed by atoms with E-state index in [1.165, 1.54) is 29.5 Å². The van der Waals surface area contributed by atoms with E-state index in [0.717, 1.165) is 21.3 Å². The lowest BCUT2D eigenvalue weighted by Gasteiger charge is -2.07. The number of hydrogen-bond donors (Lipinski definition) is 1. The molecule has 34 heavy (non-hydrogen) atoms. The molecule has 0 fully saturated rings. The second kappa shape index (κ2) is 10.8. The highest BCUT2D eigenvalue weighted by atomic mass is 79.9. The molecule has 0 saturated heterocycles. The number of non-ortho nitro benzene ring substituents is 1. The number of ether oxygens (including phenoxy) is 1. The van der Waals surface area contributed by atoms with E-state index in [2.05, 4.69) is 31.2 Å². The van der Waals surface area contributed by atoms with Gasteiger partial charge in [-0.05, 0) is 48.0 Å². The fraction of sp³-hybridized carbons (Fsp3) is 0.0417. The number of halogens is 1. The third kappa shape index (κ3) is 6.33. The first kappa shape index (κ1) is 23.3. The van der Waals surface area contributed by atoms with Gasteiger partial charge in [0.1, 0.15) is 5.75 Å². The first-order valence-electron chi connectivity index (χ1n) is 9.99. The van der Waals surface area contributed by atoms with Crippen molar-refractivity contribution in [1.82, 2.24) is 4.98 Å². The third-order valence-electron chi connectivity index (χ3n) is 4.55. The Morgan fingerprint density at radius 3 is 2.65 bits per heavy atom. The smallest absolute Gasteiger partial charge is 0.271 e. The van der Waals surface area contributed by atoms with Gasteiger partial charge in [-0.15, -0.1) is 11.3 Å². The van der Waals surface area contributed by atoms with Crippen LogP contribution in [-0.2, 0) is 4.79 Å². The van der Waals surface area contributed by atoms with Crippen LogP contribution in [0.3, 0.4) is 0 Å². The Kier molecular flexibility index (Phi) is 7.41. The Morgan fingerprint density at radius 2 is 1.91 bits per heavy atom. The van der Waals surface area contributed by atoms with E-state index < -0.39 is 10.8 Å². The standard InChI is InChI=1S/C24H17BrN4O4S/c25-18-8-6-17(7-9-18)22-15-34-24(28-22)26-13-16-4-10-21(11-5-16)33-14-23(30)27-19-2-1-3-20(12-19)29(31)32/h1-13,15H,14H2,(H,27,30)/b26-13+. The van der Waals surface area contributed by atoms with Gasteiger partial charge in [0.25, 0.3) is 11.6 Å². The maximum Gasteiger partial charge on any atom is 0.271 e. The van der Waals surface area contributed by atoms with Gasteiger partial charge >= 0.3 is 0 Å². The summed E-state index contributed by atoms with van der Waals surface area (Å²) in [5.74, 6) is 0.0922. The van der Waals surface area contributed by atoms with Crippen LogP contribution in [0.1, 0.15) is 5.56 Å². The fourth-order valence-corrected chi connectivity index (χ4v) is 3.83. The molecule has 0 atom stereocenters. The molecule has 0 aliphatic carbocycles. The Hall–Kier alpha value is -3.89. The number of carbonyl (C=O) groups excluding carboxylic acids is 1. The number of nitrogens with one attached hydrogen (secondary N) is 1. The molecule has 0 aliphatic heterocycles. The van der Waals surface area contributed by atoms with Crippen molar-refractivity contribution in [3.63, 3.8) is 0 Å². The minimum atomic E-state index is -0.521. The summed E-state index contributed by atoms with van der Waals surface area (Å²) in [5, 5.41) is 16.0. The Balaban J connectivity index is 1.30. The van der Waals surface area contributed by atoms with Crippen molar-refractivity contribution in [2.75, 3.05) is 11.9 Å². The molecule has 0 unspecified atom stereocenters. The average Bonchev–Trinajstić information content (AvgIpc) is 3.32. The predicted molar refractivity (Wildman–Crippen MR) is 136 cm³/mol. The van der Waals surface area contributed by atoms with E-state index in [0.29, 0.717) is 16.6 Å². The Bertz CT molecular complexity index is 1340. The minimum absolute atomic E-state index is 0.0988. The van der Waals surface area contributed by atoms with E-state index in [4.69, 9.17) is 4.74 Å². The normalized spacial score (nSPS) is 10.9. The minimum Gasteiger partial charge on any atom is -0.484 e. The summed E-state index contributed by atoms with van der Waals surface area (Å²) in [6, 6.07) is 20.8. The molecule has 3 aromatic carbocycles. The monoisotopic (exact) mass is 536 g/mol. The van der Waals surface area contributed by atoms with Crippen molar-refractivity contribution in [3.8, 4) is 17.0 Å². The van der Waals surface area contributed by atoms with Gasteiger partial charge in [-0.2, -0.15) is 0 Å². The second-order valence-electron chi connectivity index (χ2n) is 6.99. The van der Waals surface area contributed by atoms with Gasteiger partial charge in [-0.3, -0.25) is 14.9 Å². The van der Waals surface area contributed by atoms with Crippen LogP contribution in [0.2, 0.25) is 0 Å². The molecule has 4 rings (SSSR count). The molecular weight excluding hydrogens is 520 g/mol. The summed E-state index contributed by atoms with van der Waals surface area (Å²) in [6.45, 7) is -0.228. The first-order valence-corrected chi connectivity index (χ1v) is 11.7. The summed E-state index contributed by atoms with van der Waals surface area (Å²) in [7, 11) is 0. The number of nitrogens with zero attached hydrogens (tertiary/aromatic N) is 3. The predicted octanol–water partition coefficient (Wildman–Crippen LogP) is 6.25. The number of amides is 1. The largest absolute Gasteiger partial charge is 0.484 e. The molecule has 0 aliphatic rings. The lowest BCUT2D eigenvalue weighted by molar-refractivity contribution is -0.384. The quantitative estimate of drug-likeness (QED) is 0.163. The molecule has 0 bridgehead atoms. The molecule has 0 saturated carbocycles. The molecule has 0 spiro atoms. The molecule has 1 N–H and O–H groups in total. The van der Waals surface area contributed by atoms with Crippen LogP contribution in [0.15, 0.2) is 87.6 Å². The van der Waals surface area contributed by atoms with Crippen molar-refractivity contribution in [3.05, 3.63) is 98.3 Å². The Morgan fingerprint density at radius 1 is 1.15 bits per heavy atom. The summed E-state index contributed by atoms with van der Waals surface area (Å²) in [6.07, 6.45) is 1.71. The summed E-state index contributed by atoms with van der Waals surface area (Å²) >= 11 is 4.88. The molecule has 0 radical (unpaired) electrons. The highest BCUT2D eigenvalue weighted by molar-refractivity contribution is 9.10. The lowest BCUT2D eigenvalue weighted by Crippen LogP contribution is -2.20. The average molecular weight is 537 g/mol. The topological polar surface area (TPSA) is 107 Å². The van der Waals surface area contributed by atoms with Crippen LogP contribution >= 0.6 is 27.3 Å². The number of aromatic nitrogens is 1. The number of benzene rings is 3. The van der Waals surface area contributed by atoms with Gasteiger partial charge < -0.3 is 10.1 Å². The first-order chi connectivity index (χ1) is 16.5. The van der Waals surface area contributed by atoms with E-state index in [1.54, 1.807) is 24.4 Å². The zero-order valence-electron chi connectivity index (χ0n) is 17.6. The number of thiazole rings is 1.